The van der Waals surface area contributed by atoms with E-state index in [0.717, 1.165) is 15.9 Å². The molecular weight excluding hydrogens is 304 g/mol. The van der Waals surface area contributed by atoms with Crippen molar-refractivity contribution in [2.24, 2.45) is 0 Å². The quantitative estimate of drug-likeness (QED) is 0.790. The van der Waals surface area contributed by atoms with Gasteiger partial charge >= 0.3 is 0 Å². The van der Waals surface area contributed by atoms with Gasteiger partial charge in [-0.15, -0.1) is 0 Å². The molecule has 0 amide bonds. The van der Waals surface area contributed by atoms with Gasteiger partial charge in [0.05, 0.1) is 16.4 Å². The molecule has 0 aliphatic heterocycles. The Kier molecular flexibility index (Phi) is 3.35. The van der Waals surface area contributed by atoms with Crippen molar-refractivity contribution in [1.82, 2.24) is 9.78 Å². The number of ketones is 1. The molecule has 1 heterocycles. The van der Waals surface area contributed by atoms with Gasteiger partial charge in [0, 0.05) is 16.2 Å². The highest BCUT2D eigenvalue weighted by Crippen LogP contribution is 2.23. The van der Waals surface area contributed by atoms with Gasteiger partial charge in [-0.1, -0.05) is 27.5 Å². The zero-order chi connectivity index (χ0) is 12.6. The lowest BCUT2D eigenvalue weighted by Crippen LogP contribution is -2.04. The third kappa shape index (κ3) is 2.42. The number of carbonyl (C=O) groups is 1. The fraction of sp³-hybridized carbons (Fsp3) is 0.167. The van der Waals surface area contributed by atoms with Gasteiger partial charge in [0.15, 0.2) is 5.78 Å². The average molecular weight is 314 g/mol. The van der Waals surface area contributed by atoms with Gasteiger partial charge in [-0.25, -0.2) is 4.68 Å². The van der Waals surface area contributed by atoms with Gasteiger partial charge in [-0.05, 0) is 32.0 Å². The van der Waals surface area contributed by atoms with Crippen molar-refractivity contribution >= 4 is 33.3 Å². The maximum atomic E-state index is 11.6. The first-order valence-corrected chi connectivity index (χ1v) is 6.19. The van der Waals surface area contributed by atoms with Gasteiger partial charge in [-0.2, -0.15) is 5.10 Å². The molecule has 0 bridgehead atoms. The lowest BCUT2D eigenvalue weighted by Gasteiger charge is -2.07. The number of carbonyl (C=O) groups excluding carboxylic acids is 1. The van der Waals surface area contributed by atoms with Gasteiger partial charge in [-0.3, -0.25) is 4.79 Å². The van der Waals surface area contributed by atoms with Gasteiger partial charge in [0.1, 0.15) is 0 Å². The number of aromatic nitrogens is 2. The molecule has 0 fully saturated rings. The fourth-order valence-electron chi connectivity index (χ4n) is 1.55. The second-order valence-electron chi connectivity index (χ2n) is 3.72. The molecule has 0 unspecified atom stereocenters. The smallest absolute Gasteiger partial charge is 0.161 e. The summed E-state index contributed by atoms with van der Waals surface area (Å²) in [5, 5.41) is 4.86. The van der Waals surface area contributed by atoms with Gasteiger partial charge < -0.3 is 0 Å². The minimum Gasteiger partial charge on any atom is -0.294 e. The lowest BCUT2D eigenvalue weighted by molar-refractivity contribution is 0.101. The molecule has 2 aromatic rings. The zero-order valence-electron chi connectivity index (χ0n) is 9.37. The summed E-state index contributed by atoms with van der Waals surface area (Å²) in [5.41, 5.74) is 2.08. The summed E-state index contributed by atoms with van der Waals surface area (Å²) in [6, 6.07) is 5.45. The van der Waals surface area contributed by atoms with Crippen LogP contribution < -0.4 is 0 Å². The first-order valence-electron chi connectivity index (χ1n) is 5.01. The van der Waals surface area contributed by atoms with Crippen LogP contribution in [0.2, 0.25) is 5.02 Å². The monoisotopic (exact) mass is 312 g/mol. The lowest BCUT2D eigenvalue weighted by atomic mass is 10.1. The second-order valence-corrected chi connectivity index (χ2v) is 5.05. The Balaban J connectivity index is 2.64. The molecule has 0 radical (unpaired) electrons. The molecule has 2 rings (SSSR count). The average Bonchev–Trinajstić information content (AvgIpc) is 2.58. The van der Waals surface area contributed by atoms with Crippen LogP contribution in [0.5, 0.6) is 0 Å². The third-order valence-corrected chi connectivity index (χ3v) is 3.29. The van der Waals surface area contributed by atoms with Crippen LogP contribution in [-0.4, -0.2) is 15.6 Å². The number of halogens is 2. The minimum atomic E-state index is -0.00299. The largest absolute Gasteiger partial charge is 0.294 e. The van der Waals surface area contributed by atoms with E-state index in [4.69, 9.17) is 11.6 Å². The first-order chi connectivity index (χ1) is 7.99. The van der Waals surface area contributed by atoms with E-state index in [2.05, 4.69) is 21.0 Å². The molecule has 88 valence electrons. The molecule has 0 atom stereocenters. The molecular formula is C12H10BrClN2O. The Morgan fingerprint density at radius 1 is 1.47 bits per heavy atom. The summed E-state index contributed by atoms with van der Waals surface area (Å²) in [4.78, 5) is 11.6. The topological polar surface area (TPSA) is 34.9 Å². The van der Waals surface area contributed by atoms with E-state index < -0.39 is 0 Å². The van der Waals surface area contributed by atoms with E-state index in [1.54, 1.807) is 16.9 Å². The Bertz CT molecular complexity index is 573. The van der Waals surface area contributed by atoms with E-state index in [1.165, 1.54) is 6.92 Å². The number of aryl methyl sites for hydroxylation is 1. The number of nitrogens with zero attached hydrogens (tertiary/aromatic N) is 2. The Labute approximate surface area is 113 Å². The highest BCUT2D eigenvalue weighted by molar-refractivity contribution is 9.10. The minimum absolute atomic E-state index is 0.00299. The van der Waals surface area contributed by atoms with Crippen LogP contribution in [0, 0.1) is 6.92 Å². The predicted molar refractivity (Wildman–Crippen MR) is 71.0 cm³/mol. The summed E-state index contributed by atoms with van der Waals surface area (Å²) in [5.74, 6) is -0.00299. The van der Waals surface area contributed by atoms with Crippen LogP contribution in [0.15, 0.2) is 28.9 Å². The van der Waals surface area contributed by atoms with Crippen molar-refractivity contribution in [1.29, 1.82) is 0 Å². The summed E-state index contributed by atoms with van der Waals surface area (Å²) < 4.78 is 2.51. The van der Waals surface area contributed by atoms with Gasteiger partial charge in [0.2, 0.25) is 0 Å². The number of rotatable bonds is 2. The standard InChI is InChI=1S/C12H10BrClN2O/c1-7-11(14)6-16(15-7)12-5-9(13)3-4-10(12)8(2)17/h3-6H,1-2H3. The predicted octanol–water partition coefficient (Wildman–Crippen LogP) is 3.80. The number of hydrogen-bond donors (Lipinski definition) is 0. The van der Waals surface area contributed by atoms with Crippen molar-refractivity contribution in [2.75, 3.05) is 0 Å². The van der Waals surface area contributed by atoms with Crippen LogP contribution >= 0.6 is 27.5 Å². The molecule has 0 saturated heterocycles. The molecule has 0 saturated carbocycles. The van der Waals surface area contributed by atoms with Crippen LogP contribution in [0.25, 0.3) is 5.69 Å². The first kappa shape index (κ1) is 12.3. The third-order valence-electron chi connectivity index (χ3n) is 2.42. The van der Waals surface area contributed by atoms with Crippen molar-refractivity contribution < 1.29 is 4.79 Å². The maximum Gasteiger partial charge on any atom is 0.161 e. The Morgan fingerprint density at radius 2 is 2.18 bits per heavy atom. The van der Waals surface area contributed by atoms with Crippen molar-refractivity contribution in [3.8, 4) is 5.69 Å². The van der Waals surface area contributed by atoms with Crippen LogP contribution in [0.3, 0.4) is 0 Å². The van der Waals surface area contributed by atoms with E-state index >= 15 is 0 Å². The van der Waals surface area contributed by atoms with Crippen molar-refractivity contribution in [3.63, 3.8) is 0 Å². The zero-order valence-corrected chi connectivity index (χ0v) is 11.7. The Hall–Kier alpha value is -1.13. The number of Topliss-reactive ketones (excluding diaryl/α,β-unsaturated/α-hetero) is 1. The molecule has 3 nitrogen and oxygen atoms in total. The SMILES string of the molecule is CC(=O)c1ccc(Br)cc1-n1cc(Cl)c(C)n1. The fourth-order valence-corrected chi connectivity index (χ4v) is 2.03. The summed E-state index contributed by atoms with van der Waals surface area (Å²) in [6.45, 7) is 3.36. The molecule has 0 aliphatic carbocycles. The molecule has 5 heteroatoms. The van der Waals surface area contributed by atoms with Crippen LogP contribution in [0.4, 0.5) is 0 Å². The van der Waals surface area contributed by atoms with Crippen molar-refractivity contribution in [3.05, 3.63) is 45.1 Å². The van der Waals surface area contributed by atoms with E-state index in [0.29, 0.717) is 10.6 Å². The molecule has 17 heavy (non-hydrogen) atoms. The summed E-state index contributed by atoms with van der Waals surface area (Å²) >= 11 is 9.35. The Morgan fingerprint density at radius 3 is 2.71 bits per heavy atom. The maximum absolute atomic E-state index is 11.6. The second kappa shape index (κ2) is 4.63. The highest BCUT2D eigenvalue weighted by Gasteiger charge is 2.12. The molecule has 0 N–H and O–H groups in total. The molecule has 1 aromatic heterocycles. The van der Waals surface area contributed by atoms with E-state index in [1.807, 2.05) is 19.1 Å². The summed E-state index contributed by atoms with van der Waals surface area (Å²) in [7, 11) is 0. The highest BCUT2D eigenvalue weighted by atomic mass is 79.9. The molecule has 0 spiro atoms. The number of benzene rings is 1. The van der Waals surface area contributed by atoms with Crippen LogP contribution in [0.1, 0.15) is 23.0 Å². The van der Waals surface area contributed by atoms with E-state index in [-0.39, 0.29) is 5.78 Å². The van der Waals surface area contributed by atoms with E-state index in [9.17, 15) is 4.79 Å². The number of hydrogen-bond acceptors (Lipinski definition) is 2. The summed E-state index contributed by atoms with van der Waals surface area (Å²) in [6.07, 6.45) is 1.70. The van der Waals surface area contributed by atoms with Crippen LogP contribution in [-0.2, 0) is 0 Å². The normalized spacial score (nSPS) is 10.6. The van der Waals surface area contributed by atoms with Gasteiger partial charge in [0.25, 0.3) is 0 Å². The van der Waals surface area contributed by atoms with Crippen molar-refractivity contribution in [2.45, 2.75) is 13.8 Å². The molecule has 0 aliphatic rings. The molecule has 1 aromatic carbocycles.